The second-order valence-corrected chi connectivity index (χ2v) is 7.71. The topological polar surface area (TPSA) is 20.3 Å². The van der Waals surface area contributed by atoms with Crippen molar-refractivity contribution in [1.29, 1.82) is 0 Å². The van der Waals surface area contributed by atoms with E-state index in [1.54, 1.807) is 4.90 Å². The Hall–Kier alpha value is -1.43. The molecule has 2 nitrogen and oxygen atoms in total. The summed E-state index contributed by atoms with van der Waals surface area (Å²) in [6, 6.07) is 18.0. The third kappa shape index (κ3) is 4.10. The van der Waals surface area contributed by atoms with Gasteiger partial charge in [0.05, 0.1) is 4.91 Å². The molecule has 0 aliphatic carbocycles. The fourth-order valence-electron chi connectivity index (χ4n) is 2.29. The number of halogens is 1. The van der Waals surface area contributed by atoms with Gasteiger partial charge in [0.25, 0.3) is 5.91 Å². The molecule has 0 atom stereocenters. The minimum atomic E-state index is -0.00106. The summed E-state index contributed by atoms with van der Waals surface area (Å²) in [6.07, 6.45) is 2.70. The lowest BCUT2D eigenvalue weighted by Crippen LogP contribution is -2.30. The van der Waals surface area contributed by atoms with Crippen LogP contribution in [-0.2, 0) is 11.2 Å². The van der Waals surface area contributed by atoms with E-state index < -0.39 is 0 Å². The van der Waals surface area contributed by atoms with Crippen molar-refractivity contribution in [2.75, 3.05) is 6.54 Å². The molecule has 1 aliphatic rings. The summed E-state index contributed by atoms with van der Waals surface area (Å²) in [5.41, 5.74) is 2.20. The largest absolute Gasteiger partial charge is 0.293 e. The second-order valence-electron chi connectivity index (χ2n) is 5.12. The molecule has 0 radical (unpaired) electrons. The van der Waals surface area contributed by atoms with Gasteiger partial charge in [-0.05, 0) is 35.8 Å². The number of carbonyl (C=O) groups is 1. The van der Waals surface area contributed by atoms with Crippen LogP contribution in [0.4, 0.5) is 0 Å². The molecule has 116 valence electrons. The second kappa shape index (κ2) is 7.43. The van der Waals surface area contributed by atoms with Crippen LogP contribution in [0.25, 0.3) is 6.08 Å². The number of carbonyl (C=O) groups excluding carboxylic acids is 1. The molecule has 0 aromatic heterocycles. The van der Waals surface area contributed by atoms with Crippen LogP contribution in [0, 0.1) is 0 Å². The number of rotatable bonds is 4. The van der Waals surface area contributed by atoms with Crippen molar-refractivity contribution in [1.82, 2.24) is 4.90 Å². The summed E-state index contributed by atoms with van der Waals surface area (Å²) in [5.74, 6) is -0.00106. The monoisotopic (exact) mass is 403 g/mol. The number of hydrogen-bond donors (Lipinski definition) is 0. The normalized spacial score (nSPS) is 16.4. The minimum absolute atomic E-state index is 0.00106. The van der Waals surface area contributed by atoms with Crippen molar-refractivity contribution in [3.05, 3.63) is 75.1 Å². The highest BCUT2D eigenvalue weighted by Crippen LogP contribution is 2.32. The standard InChI is InChI=1S/C18H14BrNOS2/c19-15-8-6-14(7-9-15)12-16-17(21)20(18(22)23-16)11-10-13-4-2-1-3-5-13/h1-9,12H,10-11H2/b16-12-. The van der Waals surface area contributed by atoms with Crippen LogP contribution >= 0.6 is 39.9 Å². The van der Waals surface area contributed by atoms with Gasteiger partial charge in [0, 0.05) is 11.0 Å². The van der Waals surface area contributed by atoms with Crippen LogP contribution in [-0.4, -0.2) is 21.7 Å². The van der Waals surface area contributed by atoms with Crippen molar-refractivity contribution in [2.45, 2.75) is 6.42 Å². The molecule has 0 unspecified atom stereocenters. The molecule has 5 heteroatoms. The Kier molecular flexibility index (Phi) is 5.30. The van der Waals surface area contributed by atoms with Gasteiger partial charge in [-0.15, -0.1) is 0 Å². The van der Waals surface area contributed by atoms with Crippen LogP contribution in [0.2, 0.25) is 0 Å². The Morgan fingerprint density at radius 3 is 2.48 bits per heavy atom. The van der Waals surface area contributed by atoms with E-state index in [0.29, 0.717) is 15.8 Å². The zero-order chi connectivity index (χ0) is 16.2. The molecule has 0 spiro atoms. The first kappa shape index (κ1) is 16.4. The van der Waals surface area contributed by atoms with Gasteiger partial charge in [-0.3, -0.25) is 9.69 Å². The highest BCUT2D eigenvalue weighted by Gasteiger charge is 2.31. The Morgan fingerprint density at radius 1 is 1.09 bits per heavy atom. The van der Waals surface area contributed by atoms with E-state index in [2.05, 4.69) is 28.1 Å². The molecule has 1 amide bonds. The van der Waals surface area contributed by atoms with Gasteiger partial charge in [0.2, 0.25) is 0 Å². The van der Waals surface area contributed by atoms with Crippen molar-refractivity contribution in [3.8, 4) is 0 Å². The zero-order valence-corrected chi connectivity index (χ0v) is 15.5. The van der Waals surface area contributed by atoms with Crippen molar-refractivity contribution in [2.24, 2.45) is 0 Å². The molecular formula is C18H14BrNOS2. The van der Waals surface area contributed by atoms with Gasteiger partial charge in [-0.25, -0.2) is 0 Å². The molecule has 1 fully saturated rings. The average Bonchev–Trinajstić information content (AvgIpc) is 2.82. The van der Waals surface area contributed by atoms with Crippen LogP contribution in [0.1, 0.15) is 11.1 Å². The third-order valence-corrected chi connectivity index (χ3v) is 5.41. The third-order valence-electron chi connectivity index (χ3n) is 3.51. The molecular weight excluding hydrogens is 390 g/mol. The maximum atomic E-state index is 12.5. The summed E-state index contributed by atoms with van der Waals surface area (Å²) in [5, 5.41) is 0. The van der Waals surface area contributed by atoms with E-state index >= 15 is 0 Å². The molecule has 3 rings (SSSR count). The first-order valence-corrected chi connectivity index (χ1v) is 9.20. The molecule has 0 saturated carbocycles. The smallest absolute Gasteiger partial charge is 0.266 e. The Bertz CT molecular complexity index is 756. The number of thiocarbonyl (C=S) groups is 1. The van der Waals surface area contributed by atoms with E-state index in [1.165, 1.54) is 17.3 Å². The Morgan fingerprint density at radius 2 is 1.78 bits per heavy atom. The van der Waals surface area contributed by atoms with Crippen molar-refractivity contribution >= 4 is 56.2 Å². The fourth-order valence-corrected chi connectivity index (χ4v) is 3.86. The molecule has 23 heavy (non-hydrogen) atoms. The van der Waals surface area contributed by atoms with E-state index in [9.17, 15) is 4.79 Å². The summed E-state index contributed by atoms with van der Waals surface area (Å²) < 4.78 is 1.65. The van der Waals surface area contributed by atoms with Gasteiger partial charge in [0.15, 0.2) is 0 Å². The maximum Gasteiger partial charge on any atom is 0.266 e. The number of nitrogens with zero attached hydrogens (tertiary/aromatic N) is 1. The van der Waals surface area contributed by atoms with E-state index in [-0.39, 0.29) is 5.91 Å². The zero-order valence-electron chi connectivity index (χ0n) is 12.2. The predicted molar refractivity (Wildman–Crippen MR) is 104 cm³/mol. The van der Waals surface area contributed by atoms with Gasteiger partial charge in [-0.2, -0.15) is 0 Å². The highest BCUT2D eigenvalue weighted by atomic mass is 79.9. The van der Waals surface area contributed by atoms with Crippen molar-refractivity contribution < 1.29 is 4.79 Å². The van der Waals surface area contributed by atoms with Crippen LogP contribution in [0.15, 0.2) is 64.0 Å². The SMILES string of the molecule is O=C1/C(=C/c2ccc(Br)cc2)SC(=S)N1CCc1ccccc1. The minimum Gasteiger partial charge on any atom is -0.293 e. The Labute approximate surface area is 153 Å². The molecule has 1 heterocycles. The lowest BCUT2D eigenvalue weighted by molar-refractivity contribution is -0.122. The number of thioether (sulfide) groups is 1. The lowest BCUT2D eigenvalue weighted by Gasteiger charge is -2.14. The van der Waals surface area contributed by atoms with Gasteiger partial charge < -0.3 is 0 Å². The van der Waals surface area contributed by atoms with Gasteiger partial charge in [-0.1, -0.05) is 82.4 Å². The summed E-state index contributed by atoms with van der Waals surface area (Å²) in [7, 11) is 0. The number of benzene rings is 2. The van der Waals surface area contributed by atoms with Crippen LogP contribution < -0.4 is 0 Å². The lowest BCUT2D eigenvalue weighted by atomic mass is 10.1. The number of hydrogen-bond acceptors (Lipinski definition) is 3. The summed E-state index contributed by atoms with van der Waals surface area (Å²) in [6.45, 7) is 0.617. The van der Waals surface area contributed by atoms with E-state index in [0.717, 1.165) is 16.5 Å². The summed E-state index contributed by atoms with van der Waals surface area (Å²) >= 11 is 10.1. The van der Waals surface area contributed by atoms with Gasteiger partial charge >= 0.3 is 0 Å². The molecule has 1 aliphatic heterocycles. The Balaban J connectivity index is 1.71. The molecule has 0 bridgehead atoms. The number of amides is 1. The summed E-state index contributed by atoms with van der Waals surface area (Å²) in [4.78, 5) is 14.9. The average molecular weight is 404 g/mol. The first-order valence-electron chi connectivity index (χ1n) is 7.18. The van der Waals surface area contributed by atoms with Gasteiger partial charge in [0.1, 0.15) is 4.32 Å². The maximum absolute atomic E-state index is 12.5. The predicted octanol–water partition coefficient (Wildman–Crippen LogP) is 4.89. The molecule has 2 aromatic rings. The molecule has 1 saturated heterocycles. The quantitative estimate of drug-likeness (QED) is 0.535. The molecule has 0 N–H and O–H groups in total. The van der Waals surface area contributed by atoms with E-state index in [1.807, 2.05) is 48.5 Å². The fraction of sp³-hybridized carbons (Fsp3) is 0.111. The first-order chi connectivity index (χ1) is 11.1. The molecule has 2 aromatic carbocycles. The highest BCUT2D eigenvalue weighted by molar-refractivity contribution is 9.10. The van der Waals surface area contributed by atoms with Crippen LogP contribution in [0.5, 0.6) is 0 Å². The van der Waals surface area contributed by atoms with Crippen molar-refractivity contribution in [3.63, 3.8) is 0 Å². The van der Waals surface area contributed by atoms with Crippen LogP contribution in [0.3, 0.4) is 0 Å². The van der Waals surface area contributed by atoms with E-state index in [4.69, 9.17) is 12.2 Å².